The van der Waals surface area contributed by atoms with Crippen LogP contribution in [0.15, 0.2) is 33.9 Å². The number of hydrogen-bond acceptors (Lipinski definition) is 4. The second-order valence-electron chi connectivity index (χ2n) is 6.26. The largest absolute Gasteiger partial charge is 0.477 e. The summed E-state index contributed by atoms with van der Waals surface area (Å²) in [7, 11) is 0. The van der Waals surface area contributed by atoms with E-state index in [2.05, 4.69) is 4.98 Å². The highest BCUT2D eigenvalue weighted by Crippen LogP contribution is 2.30. The Morgan fingerprint density at radius 3 is 2.44 bits per heavy atom. The van der Waals surface area contributed by atoms with Gasteiger partial charge < -0.3 is 10.1 Å². The standard InChI is InChI=1S/C17H16F3N3O4/c18-17(19,20)10-4-3-5-11(8-10)23-14(24)12(9-22-6-1-2-7-22)13(15(25)26)21-16(23)27/h3-5,8H,1-2,6-7,9H2,(H,21,27)(H,25,26). The van der Waals surface area contributed by atoms with Gasteiger partial charge in [0, 0.05) is 6.54 Å². The SMILES string of the molecule is O=C(O)c1[nH]c(=O)n(-c2cccc(C(F)(F)F)c2)c(=O)c1CN1CCCC1. The molecule has 10 heteroatoms. The van der Waals surface area contributed by atoms with Gasteiger partial charge in [0.2, 0.25) is 0 Å². The van der Waals surface area contributed by atoms with Gasteiger partial charge in [-0.25, -0.2) is 14.2 Å². The van der Waals surface area contributed by atoms with Gasteiger partial charge in [-0.05, 0) is 44.1 Å². The summed E-state index contributed by atoms with van der Waals surface area (Å²) in [6.45, 7) is 1.33. The fourth-order valence-corrected chi connectivity index (χ4v) is 3.12. The summed E-state index contributed by atoms with van der Waals surface area (Å²) >= 11 is 0. The van der Waals surface area contributed by atoms with Crippen molar-refractivity contribution >= 4 is 5.97 Å². The molecular weight excluding hydrogens is 367 g/mol. The summed E-state index contributed by atoms with van der Waals surface area (Å²) in [4.78, 5) is 40.5. The Labute approximate surface area is 150 Å². The van der Waals surface area contributed by atoms with Crippen molar-refractivity contribution in [1.82, 2.24) is 14.5 Å². The zero-order valence-corrected chi connectivity index (χ0v) is 14.0. The predicted octanol–water partition coefficient (Wildman–Crippen LogP) is 1.84. The zero-order valence-electron chi connectivity index (χ0n) is 14.0. The van der Waals surface area contributed by atoms with Crippen LogP contribution >= 0.6 is 0 Å². The molecule has 2 aromatic rings. The van der Waals surface area contributed by atoms with Gasteiger partial charge in [0.05, 0.1) is 16.8 Å². The fourth-order valence-electron chi connectivity index (χ4n) is 3.12. The normalized spacial score (nSPS) is 15.2. The van der Waals surface area contributed by atoms with Crippen molar-refractivity contribution in [1.29, 1.82) is 0 Å². The van der Waals surface area contributed by atoms with Crippen molar-refractivity contribution in [3.63, 3.8) is 0 Å². The van der Waals surface area contributed by atoms with Crippen LogP contribution in [0, 0.1) is 0 Å². The van der Waals surface area contributed by atoms with E-state index in [1.54, 1.807) is 0 Å². The van der Waals surface area contributed by atoms with E-state index in [4.69, 9.17) is 0 Å². The van der Waals surface area contributed by atoms with Crippen molar-refractivity contribution in [2.75, 3.05) is 13.1 Å². The monoisotopic (exact) mass is 383 g/mol. The van der Waals surface area contributed by atoms with E-state index in [1.807, 2.05) is 4.90 Å². The van der Waals surface area contributed by atoms with Crippen LogP contribution in [0.4, 0.5) is 13.2 Å². The average molecular weight is 383 g/mol. The van der Waals surface area contributed by atoms with Crippen LogP contribution in [0.3, 0.4) is 0 Å². The van der Waals surface area contributed by atoms with Gasteiger partial charge in [0.25, 0.3) is 5.56 Å². The maximum Gasteiger partial charge on any atom is 0.416 e. The Morgan fingerprint density at radius 1 is 1.19 bits per heavy atom. The lowest BCUT2D eigenvalue weighted by Gasteiger charge is -2.17. The van der Waals surface area contributed by atoms with E-state index in [-0.39, 0.29) is 17.8 Å². The summed E-state index contributed by atoms with van der Waals surface area (Å²) in [5.74, 6) is -1.48. The highest BCUT2D eigenvalue weighted by atomic mass is 19.4. The number of carbonyl (C=O) groups is 1. The number of carboxylic acids is 1. The van der Waals surface area contributed by atoms with E-state index < -0.39 is 34.7 Å². The molecule has 2 heterocycles. The quantitative estimate of drug-likeness (QED) is 0.840. The molecule has 0 atom stereocenters. The number of aromatic amines is 1. The van der Waals surface area contributed by atoms with Gasteiger partial charge in [0.1, 0.15) is 5.69 Å². The number of halogens is 3. The molecule has 0 amide bonds. The highest BCUT2D eigenvalue weighted by Gasteiger charge is 2.31. The molecule has 1 aromatic heterocycles. The van der Waals surface area contributed by atoms with E-state index in [1.165, 1.54) is 6.07 Å². The van der Waals surface area contributed by atoms with Crippen LogP contribution in [0.2, 0.25) is 0 Å². The predicted molar refractivity (Wildman–Crippen MR) is 89.1 cm³/mol. The Balaban J connectivity index is 2.18. The molecule has 1 fully saturated rings. The number of aromatic nitrogens is 2. The number of carboxylic acid groups (broad SMARTS) is 1. The number of aromatic carboxylic acids is 1. The number of hydrogen-bond donors (Lipinski definition) is 2. The molecule has 1 aromatic carbocycles. The first kappa shape index (κ1) is 18.9. The first-order chi connectivity index (χ1) is 12.7. The summed E-state index contributed by atoms with van der Waals surface area (Å²) in [6.07, 6.45) is -2.85. The Hall–Kier alpha value is -2.88. The third kappa shape index (κ3) is 3.80. The van der Waals surface area contributed by atoms with Crippen LogP contribution in [-0.2, 0) is 12.7 Å². The van der Waals surface area contributed by atoms with Crippen LogP contribution < -0.4 is 11.2 Å². The maximum absolute atomic E-state index is 12.9. The molecule has 0 spiro atoms. The van der Waals surface area contributed by atoms with Gasteiger partial charge in [0.15, 0.2) is 0 Å². The fraction of sp³-hybridized carbons (Fsp3) is 0.353. The van der Waals surface area contributed by atoms with Crippen molar-refractivity contribution in [2.24, 2.45) is 0 Å². The topological polar surface area (TPSA) is 95.4 Å². The molecule has 7 nitrogen and oxygen atoms in total. The average Bonchev–Trinajstić information content (AvgIpc) is 3.10. The van der Waals surface area contributed by atoms with Crippen LogP contribution in [0.1, 0.15) is 34.5 Å². The number of alkyl halides is 3. The molecule has 0 saturated carbocycles. The Morgan fingerprint density at radius 2 is 1.85 bits per heavy atom. The lowest BCUT2D eigenvalue weighted by atomic mass is 10.1. The molecule has 3 rings (SSSR count). The molecule has 0 radical (unpaired) electrons. The zero-order chi connectivity index (χ0) is 19.8. The van der Waals surface area contributed by atoms with Crippen molar-refractivity contribution in [3.8, 4) is 5.69 Å². The molecule has 1 saturated heterocycles. The minimum atomic E-state index is -4.65. The Bertz CT molecular complexity index is 988. The van der Waals surface area contributed by atoms with Crippen molar-refractivity contribution in [2.45, 2.75) is 25.6 Å². The number of likely N-dealkylation sites (tertiary alicyclic amines) is 1. The first-order valence-electron chi connectivity index (χ1n) is 8.20. The van der Waals surface area contributed by atoms with Crippen LogP contribution in [-0.4, -0.2) is 38.6 Å². The van der Waals surface area contributed by atoms with Crippen molar-refractivity contribution in [3.05, 3.63) is 61.9 Å². The van der Waals surface area contributed by atoms with Gasteiger partial charge in [-0.15, -0.1) is 0 Å². The molecule has 144 valence electrons. The lowest BCUT2D eigenvalue weighted by Crippen LogP contribution is -2.40. The molecule has 0 aliphatic carbocycles. The van der Waals surface area contributed by atoms with E-state index in [0.717, 1.165) is 25.0 Å². The molecule has 1 aliphatic rings. The van der Waals surface area contributed by atoms with Crippen LogP contribution in [0.25, 0.3) is 5.69 Å². The maximum atomic E-state index is 12.9. The third-order valence-corrected chi connectivity index (χ3v) is 4.42. The van der Waals surface area contributed by atoms with E-state index >= 15 is 0 Å². The second-order valence-corrected chi connectivity index (χ2v) is 6.26. The number of benzene rings is 1. The van der Waals surface area contributed by atoms with Gasteiger partial charge in [-0.1, -0.05) is 6.07 Å². The van der Waals surface area contributed by atoms with Gasteiger partial charge >= 0.3 is 17.8 Å². The van der Waals surface area contributed by atoms with Crippen LogP contribution in [0.5, 0.6) is 0 Å². The summed E-state index contributed by atoms with van der Waals surface area (Å²) < 4.78 is 39.4. The molecular formula is C17H16F3N3O4. The molecule has 2 N–H and O–H groups in total. The minimum absolute atomic E-state index is 0.00376. The lowest BCUT2D eigenvalue weighted by molar-refractivity contribution is -0.137. The van der Waals surface area contributed by atoms with Crippen molar-refractivity contribution < 1.29 is 23.1 Å². The smallest absolute Gasteiger partial charge is 0.416 e. The molecule has 27 heavy (non-hydrogen) atoms. The third-order valence-electron chi connectivity index (χ3n) is 4.42. The van der Waals surface area contributed by atoms with Gasteiger partial charge in [-0.3, -0.25) is 9.69 Å². The second kappa shape index (κ2) is 7.03. The minimum Gasteiger partial charge on any atom is -0.477 e. The molecule has 0 unspecified atom stereocenters. The summed E-state index contributed by atoms with van der Waals surface area (Å²) in [5, 5.41) is 9.32. The number of nitrogens with one attached hydrogen (secondary N) is 1. The van der Waals surface area contributed by atoms with E-state index in [0.29, 0.717) is 23.7 Å². The molecule has 0 bridgehead atoms. The summed E-state index contributed by atoms with van der Waals surface area (Å²) in [5.41, 5.74) is -4.06. The number of H-pyrrole nitrogens is 1. The van der Waals surface area contributed by atoms with E-state index in [9.17, 15) is 32.7 Å². The first-order valence-corrected chi connectivity index (χ1v) is 8.20. The molecule has 1 aliphatic heterocycles. The number of nitrogens with zero attached hydrogens (tertiary/aromatic N) is 2. The number of rotatable bonds is 4. The summed E-state index contributed by atoms with van der Waals surface area (Å²) in [6, 6.07) is 3.76. The highest BCUT2D eigenvalue weighted by molar-refractivity contribution is 5.86. The van der Waals surface area contributed by atoms with Gasteiger partial charge in [-0.2, -0.15) is 13.2 Å². The Kier molecular flexibility index (Phi) is 4.92.